The van der Waals surface area contributed by atoms with Crippen LogP contribution >= 0.6 is 0 Å². The average molecular weight is 342 g/mol. The molecule has 0 atom stereocenters. The van der Waals surface area contributed by atoms with Gasteiger partial charge in [-0.05, 0) is 56.4 Å². The number of amides is 1. The van der Waals surface area contributed by atoms with Gasteiger partial charge in [-0.15, -0.1) is 10.2 Å². The minimum absolute atomic E-state index is 0.00942. The van der Waals surface area contributed by atoms with E-state index >= 15 is 0 Å². The number of carbonyl (C=O) groups is 1. The number of halogens is 1. The van der Waals surface area contributed by atoms with Crippen molar-refractivity contribution in [2.45, 2.75) is 51.5 Å². The fourth-order valence-corrected chi connectivity index (χ4v) is 3.93. The van der Waals surface area contributed by atoms with Gasteiger partial charge in [-0.25, -0.2) is 4.39 Å². The van der Waals surface area contributed by atoms with E-state index in [2.05, 4.69) is 14.8 Å². The summed E-state index contributed by atoms with van der Waals surface area (Å²) in [6, 6.07) is 4.59. The summed E-state index contributed by atoms with van der Waals surface area (Å²) < 4.78 is 15.7. The second kappa shape index (κ2) is 6.58. The monoisotopic (exact) mass is 342 g/mol. The van der Waals surface area contributed by atoms with Gasteiger partial charge >= 0.3 is 0 Å². The Kier molecular flexibility index (Phi) is 4.27. The van der Waals surface area contributed by atoms with Crippen LogP contribution in [-0.4, -0.2) is 38.7 Å². The van der Waals surface area contributed by atoms with Crippen LogP contribution in [0.25, 0.3) is 0 Å². The number of aromatic nitrogens is 3. The molecule has 1 fully saturated rings. The van der Waals surface area contributed by atoms with E-state index in [1.165, 1.54) is 18.9 Å². The predicted octanol–water partition coefficient (Wildman–Crippen LogP) is 3.08. The highest BCUT2D eigenvalue weighted by atomic mass is 19.1. The van der Waals surface area contributed by atoms with Gasteiger partial charge in [-0.1, -0.05) is 0 Å². The van der Waals surface area contributed by atoms with Gasteiger partial charge in [0.2, 0.25) is 0 Å². The maximum absolute atomic E-state index is 13.4. The summed E-state index contributed by atoms with van der Waals surface area (Å²) in [6.45, 7) is 4.13. The lowest BCUT2D eigenvalue weighted by molar-refractivity contribution is 0.0710. The predicted molar refractivity (Wildman–Crippen MR) is 92.0 cm³/mol. The Morgan fingerprint density at radius 2 is 1.96 bits per heavy atom. The largest absolute Gasteiger partial charge is 0.339 e. The van der Waals surface area contributed by atoms with Crippen molar-refractivity contribution in [3.63, 3.8) is 0 Å². The third kappa shape index (κ3) is 3.05. The van der Waals surface area contributed by atoms with E-state index in [0.29, 0.717) is 30.1 Å². The number of rotatable bonds is 2. The second-order valence-electron chi connectivity index (χ2n) is 7.11. The lowest BCUT2D eigenvalue weighted by Crippen LogP contribution is -2.38. The highest BCUT2D eigenvalue weighted by Crippen LogP contribution is 2.29. The third-order valence-electron chi connectivity index (χ3n) is 5.44. The smallest absolute Gasteiger partial charge is 0.253 e. The van der Waals surface area contributed by atoms with Gasteiger partial charge in [0.1, 0.15) is 17.5 Å². The molecule has 1 aromatic heterocycles. The average Bonchev–Trinajstić information content (AvgIpc) is 3.08. The summed E-state index contributed by atoms with van der Waals surface area (Å²) >= 11 is 0. The molecule has 0 bridgehead atoms. The molecular formula is C19H23FN4O. The van der Waals surface area contributed by atoms with Crippen LogP contribution in [0.1, 0.15) is 59.2 Å². The quantitative estimate of drug-likeness (QED) is 0.843. The molecule has 4 rings (SSSR count). The number of likely N-dealkylation sites (tertiary alicyclic amines) is 1. The van der Waals surface area contributed by atoms with Gasteiger partial charge in [0.15, 0.2) is 0 Å². The molecule has 2 aromatic rings. The lowest BCUT2D eigenvalue weighted by Gasteiger charge is -2.32. The van der Waals surface area contributed by atoms with E-state index in [9.17, 15) is 9.18 Å². The first kappa shape index (κ1) is 16.2. The first-order valence-electron chi connectivity index (χ1n) is 9.11. The fourth-order valence-electron chi connectivity index (χ4n) is 3.93. The lowest BCUT2D eigenvalue weighted by atomic mass is 9.95. The minimum atomic E-state index is -0.271. The number of carbonyl (C=O) groups excluding carboxylic acids is 1. The second-order valence-corrected chi connectivity index (χ2v) is 7.11. The summed E-state index contributed by atoms with van der Waals surface area (Å²) in [5.41, 5.74) is 1.08. The summed E-state index contributed by atoms with van der Waals surface area (Å²) in [4.78, 5) is 14.5. The van der Waals surface area contributed by atoms with Crippen molar-refractivity contribution in [3.05, 3.63) is 46.8 Å². The summed E-state index contributed by atoms with van der Waals surface area (Å²) in [5.74, 6) is 2.30. The Labute approximate surface area is 146 Å². The number of nitrogens with zero attached hydrogens (tertiary/aromatic N) is 4. The maximum Gasteiger partial charge on any atom is 0.253 e. The van der Waals surface area contributed by atoms with Gasteiger partial charge in [0, 0.05) is 37.5 Å². The van der Waals surface area contributed by atoms with E-state index in [1.54, 1.807) is 19.1 Å². The Balaban J connectivity index is 1.43. The molecular weight excluding hydrogens is 319 g/mol. The molecule has 1 amide bonds. The van der Waals surface area contributed by atoms with Crippen LogP contribution in [0.15, 0.2) is 18.2 Å². The number of hydrogen-bond donors (Lipinski definition) is 0. The van der Waals surface area contributed by atoms with Crippen LogP contribution in [0.4, 0.5) is 4.39 Å². The van der Waals surface area contributed by atoms with Crippen LogP contribution in [0.2, 0.25) is 0 Å². The molecule has 1 aromatic carbocycles. The van der Waals surface area contributed by atoms with Crippen molar-refractivity contribution in [1.29, 1.82) is 0 Å². The zero-order valence-corrected chi connectivity index (χ0v) is 14.5. The van der Waals surface area contributed by atoms with Crippen LogP contribution in [0.5, 0.6) is 0 Å². The fraction of sp³-hybridized carbons (Fsp3) is 0.526. The van der Waals surface area contributed by atoms with Crippen molar-refractivity contribution in [2.24, 2.45) is 0 Å². The normalized spacial score (nSPS) is 18.2. The Morgan fingerprint density at radius 1 is 1.16 bits per heavy atom. The standard InChI is InChI=1S/C19H23FN4O/c1-13-12-15(5-6-16(13)20)19(25)23-10-7-14(8-11-23)18-22-21-17-4-2-3-9-24(17)18/h5-6,12,14H,2-4,7-11H2,1H3. The van der Waals surface area contributed by atoms with Gasteiger partial charge in [0.05, 0.1) is 0 Å². The van der Waals surface area contributed by atoms with Crippen molar-refractivity contribution in [3.8, 4) is 0 Å². The molecule has 2 aliphatic rings. The van der Waals surface area contributed by atoms with Crippen molar-refractivity contribution in [2.75, 3.05) is 13.1 Å². The molecule has 1 saturated heterocycles. The Hall–Kier alpha value is -2.24. The molecule has 0 radical (unpaired) electrons. The summed E-state index contributed by atoms with van der Waals surface area (Å²) in [7, 11) is 0. The molecule has 5 nitrogen and oxygen atoms in total. The van der Waals surface area contributed by atoms with E-state index in [1.807, 2.05) is 4.90 Å². The summed E-state index contributed by atoms with van der Waals surface area (Å²) in [6.07, 6.45) is 5.23. The molecule has 25 heavy (non-hydrogen) atoms. The molecule has 132 valence electrons. The Bertz CT molecular complexity index is 793. The zero-order valence-electron chi connectivity index (χ0n) is 14.5. The first-order chi connectivity index (χ1) is 12.1. The molecule has 0 aliphatic carbocycles. The molecule has 0 unspecified atom stereocenters. The minimum Gasteiger partial charge on any atom is -0.339 e. The van der Waals surface area contributed by atoms with E-state index in [0.717, 1.165) is 37.5 Å². The van der Waals surface area contributed by atoms with E-state index in [4.69, 9.17) is 0 Å². The van der Waals surface area contributed by atoms with Gasteiger partial charge in [0.25, 0.3) is 5.91 Å². The Morgan fingerprint density at radius 3 is 2.72 bits per heavy atom. The van der Waals surface area contributed by atoms with Crippen LogP contribution < -0.4 is 0 Å². The molecule has 0 saturated carbocycles. The molecule has 6 heteroatoms. The van der Waals surface area contributed by atoms with Crippen molar-refractivity contribution >= 4 is 5.91 Å². The zero-order chi connectivity index (χ0) is 17.4. The number of piperidine rings is 1. The number of fused-ring (bicyclic) bond motifs is 1. The van der Waals surface area contributed by atoms with Gasteiger partial charge < -0.3 is 9.47 Å². The van der Waals surface area contributed by atoms with Gasteiger partial charge in [-0.3, -0.25) is 4.79 Å². The van der Waals surface area contributed by atoms with E-state index in [-0.39, 0.29) is 11.7 Å². The topological polar surface area (TPSA) is 51.0 Å². The number of aryl methyl sites for hydroxylation is 2. The van der Waals surface area contributed by atoms with Crippen molar-refractivity contribution < 1.29 is 9.18 Å². The third-order valence-corrected chi connectivity index (χ3v) is 5.44. The van der Waals surface area contributed by atoms with Crippen molar-refractivity contribution in [1.82, 2.24) is 19.7 Å². The highest BCUT2D eigenvalue weighted by molar-refractivity contribution is 5.94. The molecule has 0 N–H and O–H groups in total. The van der Waals surface area contributed by atoms with Gasteiger partial charge in [-0.2, -0.15) is 0 Å². The molecule has 3 heterocycles. The maximum atomic E-state index is 13.4. The number of benzene rings is 1. The summed E-state index contributed by atoms with van der Waals surface area (Å²) in [5, 5.41) is 8.79. The van der Waals surface area contributed by atoms with Crippen LogP contribution in [0, 0.1) is 12.7 Å². The SMILES string of the molecule is Cc1cc(C(=O)N2CCC(c3nnc4n3CCCC4)CC2)ccc1F. The molecule has 2 aliphatic heterocycles. The first-order valence-corrected chi connectivity index (χ1v) is 9.11. The van der Waals surface area contributed by atoms with Crippen LogP contribution in [0.3, 0.4) is 0 Å². The van der Waals surface area contributed by atoms with E-state index < -0.39 is 0 Å². The molecule has 0 spiro atoms. The van der Waals surface area contributed by atoms with Crippen LogP contribution in [-0.2, 0) is 13.0 Å². The highest BCUT2D eigenvalue weighted by Gasteiger charge is 2.29. The number of hydrogen-bond acceptors (Lipinski definition) is 3.